The van der Waals surface area contributed by atoms with Gasteiger partial charge in [-0.2, -0.15) is 0 Å². The lowest BCUT2D eigenvalue weighted by Crippen LogP contribution is -1.93. The summed E-state index contributed by atoms with van der Waals surface area (Å²) in [6.07, 6.45) is 50.0. The highest BCUT2D eigenvalue weighted by Crippen LogP contribution is 2.11. The average Bonchev–Trinajstić information content (AvgIpc) is 2.90. The lowest BCUT2D eigenvalue weighted by Gasteiger charge is -2.00. The Morgan fingerprint density at radius 2 is 0.757 bits per heavy atom. The number of unbranched alkanes of at least 4 members (excludes halogenated alkanes) is 19. The van der Waals surface area contributed by atoms with Crippen molar-refractivity contribution in [3.8, 4) is 0 Å². The number of rotatable bonds is 29. The molecule has 0 heterocycles. The molecule has 0 atom stereocenters. The van der Waals surface area contributed by atoms with Gasteiger partial charge in [-0.15, -0.1) is 0 Å². The molecule has 0 aromatic heterocycles. The van der Waals surface area contributed by atoms with Gasteiger partial charge in [0.1, 0.15) is 0 Å². The van der Waals surface area contributed by atoms with Crippen molar-refractivity contribution >= 4 is 5.78 Å². The van der Waals surface area contributed by atoms with Crippen molar-refractivity contribution in [2.24, 2.45) is 0 Å². The Kier molecular flexibility index (Phi) is 31.4. The van der Waals surface area contributed by atoms with Gasteiger partial charge >= 0.3 is 0 Å². The minimum atomic E-state index is 0.196. The zero-order chi connectivity index (χ0) is 26.9. The third-order valence-electron chi connectivity index (χ3n) is 6.91. The average molecular weight is 512 g/mol. The van der Waals surface area contributed by atoms with Crippen LogP contribution in [0.5, 0.6) is 0 Å². The van der Waals surface area contributed by atoms with Crippen molar-refractivity contribution in [2.75, 3.05) is 0 Å². The first-order valence-corrected chi connectivity index (χ1v) is 16.3. The lowest BCUT2D eigenvalue weighted by molar-refractivity contribution is -0.111. The molecule has 0 fully saturated rings. The smallest absolute Gasteiger partial charge is 0.159 e. The topological polar surface area (TPSA) is 17.1 Å². The van der Waals surface area contributed by atoms with Crippen molar-refractivity contribution in [3.63, 3.8) is 0 Å². The molecule has 213 valence electrons. The van der Waals surface area contributed by atoms with Gasteiger partial charge in [-0.1, -0.05) is 133 Å². The fourth-order valence-corrected chi connectivity index (χ4v) is 4.45. The van der Waals surface area contributed by atoms with Crippen LogP contribution in [0.15, 0.2) is 48.6 Å². The number of ketones is 1. The summed E-state index contributed by atoms with van der Waals surface area (Å²) in [5.41, 5.74) is 0. The van der Waals surface area contributed by atoms with Gasteiger partial charge in [0, 0.05) is 6.42 Å². The van der Waals surface area contributed by atoms with Crippen molar-refractivity contribution in [3.05, 3.63) is 55.0 Å². The van der Waals surface area contributed by atoms with Crippen LogP contribution >= 0.6 is 0 Å². The molecule has 37 heavy (non-hydrogen) atoms. The Morgan fingerprint density at radius 3 is 1.30 bits per heavy atom. The van der Waals surface area contributed by atoms with E-state index < -0.39 is 0 Å². The van der Waals surface area contributed by atoms with Gasteiger partial charge in [-0.3, -0.25) is 4.79 Å². The van der Waals surface area contributed by atoms with Gasteiger partial charge in [0.2, 0.25) is 0 Å². The van der Waals surface area contributed by atoms with Crippen LogP contribution in [0.1, 0.15) is 168 Å². The van der Waals surface area contributed by atoms with Crippen LogP contribution < -0.4 is 0 Å². The van der Waals surface area contributed by atoms with Crippen LogP contribution in [0.3, 0.4) is 0 Å². The minimum Gasteiger partial charge on any atom is -0.295 e. The lowest BCUT2D eigenvalue weighted by atomic mass is 10.1. The number of hydrogen-bond acceptors (Lipinski definition) is 1. The monoisotopic (exact) mass is 511 g/mol. The van der Waals surface area contributed by atoms with E-state index in [1.54, 1.807) is 6.08 Å². The van der Waals surface area contributed by atoms with Gasteiger partial charge in [0.25, 0.3) is 0 Å². The van der Waals surface area contributed by atoms with E-state index >= 15 is 0 Å². The maximum Gasteiger partial charge on any atom is 0.159 e. The van der Waals surface area contributed by atoms with E-state index in [1.807, 2.05) is 6.42 Å². The van der Waals surface area contributed by atoms with Crippen molar-refractivity contribution in [1.82, 2.24) is 0 Å². The number of hydrogen-bond donors (Lipinski definition) is 0. The molecule has 0 rings (SSSR count). The van der Waals surface area contributed by atoms with E-state index in [4.69, 9.17) is 0 Å². The Balaban J connectivity index is 3.35. The molecule has 0 aromatic rings. The quantitative estimate of drug-likeness (QED) is 0.0554. The summed E-state index contributed by atoms with van der Waals surface area (Å²) in [5, 5.41) is 0. The van der Waals surface area contributed by atoms with Crippen molar-refractivity contribution in [1.29, 1.82) is 0 Å². The minimum absolute atomic E-state index is 0.196. The summed E-state index contributed by atoms with van der Waals surface area (Å²) < 4.78 is 0. The number of carbonyl (C=O) groups is 1. The third kappa shape index (κ3) is 32.6. The molecule has 0 aliphatic carbocycles. The van der Waals surface area contributed by atoms with Crippen LogP contribution in [0.2, 0.25) is 0 Å². The number of carbonyl (C=O) groups excluding carboxylic acids is 1. The Bertz CT molecular complexity index is 565. The van der Waals surface area contributed by atoms with E-state index in [0.29, 0.717) is 0 Å². The van der Waals surface area contributed by atoms with Crippen molar-refractivity contribution in [2.45, 2.75) is 168 Å². The molecule has 1 radical (unpaired) electrons. The van der Waals surface area contributed by atoms with Crippen LogP contribution in [0.4, 0.5) is 0 Å². The second kappa shape index (κ2) is 32.7. The van der Waals surface area contributed by atoms with Crippen LogP contribution in [0, 0.1) is 6.42 Å². The highest BCUT2D eigenvalue weighted by molar-refractivity contribution is 5.96. The summed E-state index contributed by atoms with van der Waals surface area (Å²) in [4.78, 5) is 12.0. The van der Waals surface area contributed by atoms with E-state index in [-0.39, 0.29) is 5.78 Å². The molecule has 1 heteroatoms. The Labute approximate surface area is 233 Å². The Morgan fingerprint density at radius 1 is 0.405 bits per heavy atom. The van der Waals surface area contributed by atoms with E-state index in [1.165, 1.54) is 128 Å². The summed E-state index contributed by atoms with van der Waals surface area (Å²) in [6.45, 7) is 4.53. The van der Waals surface area contributed by atoms with Gasteiger partial charge in [-0.25, -0.2) is 0 Å². The van der Waals surface area contributed by atoms with Crippen LogP contribution in [0.25, 0.3) is 0 Å². The zero-order valence-corrected chi connectivity index (χ0v) is 25.1. The van der Waals surface area contributed by atoms with E-state index in [2.05, 4.69) is 56.4 Å². The van der Waals surface area contributed by atoms with Gasteiger partial charge in [0.15, 0.2) is 5.78 Å². The summed E-state index contributed by atoms with van der Waals surface area (Å²) >= 11 is 0. The second-order valence-corrected chi connectivity index (χ2v) is 10.7. The summed E-state index contributed by atoms with van der Waals surface area (Å²) in [6, 6.07) is 0. The van der Waals surface area contributed by atoms with E-state index in [0.717, 1.165) is 25.7 Å². The van der Waals surface area contributed by atoms with E-state index in [9.17, 15) is 4.79 Å². The molecule has 0 aliphatic rings. The molecule has 0 N–H and O–H groups in total. The van der Waals surface area contributed by atoms with Gasteiger partial charge < -0.3 is 0 Å². The third-order valence-corrected chi connectivity index (χ3v) is 6.91. The largest absolute Gasteiger partial charge is 0.295 e. The predicted molar refractivity (Wildman–Crippen MR) is 168 cm³/mol. The van der Waals surface area contributed by atoms with Gasteiger partial charge in [0.05, 0.1) is 0 Å². The zero-order valence-electron chi connectivity index (χ0n) is 25.1. The maximum absolute atomic E-state index is 12.0. The Hall–Kier alpha value is -1.37. The molecular weight excluding hydrogens is 448 g/mol. The van der Waals surface area contributed by atoms with Crippen molar-refractivity contribution < 1.29 is 4.79 Å². The van der Waals surface area contributed by atoms with Crippen LogP contribution in [-0.4, -0.2) is 5.78 Å². The first-order chi connectivity index (χ1) is 18.3. The molecular formula is C36H63O. The summed E-state index contributed by atoms with van der Waals surface area (Å²) in [7, 11) is 0. The normalized spacial score (nSPS) is 12.3. The molecule has 0 aliphatic heterocycles. The first kappa shape index (κ1) is 35.6. The molecule has 0 saturated heterocycles. The summed E-state index contributed by atoms with van der Waals surface area (Å²) in [5.74, 6) is 0.196. The predicted octanol–water partition coefficient (Wildman–Crippen LogP) is 12.4. The molecule has 0 spiro atoms. The van der Waals surface area contributed by atoms with Crippen LogP contribution in [-0.2, 0) is 4.79 Å². The standard InChI is InChI=1S/C36H63O/c1-3-5-7-9-11-13-15-17-19-21-23-25-27-29-31-33-35-36(37)34-32-30-28-26-24-22-20-18-16-14-12-10-8-6-4-2/h11,13,17-20,32,34-35H,3-10,12,14-16,21-31,33H2,1-2H3/b13-11-,19-17-,20-18?,34-32?. The van der Waals surface area contributed by atoms with Gasteiger partial charge in [-0.05, 0) is 83.1 Å². The fourth-order valence-electron chi connectivity index (χ4n) is 4.45. The SMILES string of the molecule is CCCCC/C=C\C/C=C\CCCCCCC[CH]C(=O)C=CCCCCCC=CCCCCCCCC. The molecule has 0 aromatic carbocycles. The highest BCUT2D eigenvalue weighted by atomic mass is 16.1. The second-order valence-electron chi connectivity index (χ2n) is 10.7. The molecule has 1 nitrogen and oxygen atoms in total. The molecule has 0 amide bonds. The molecule has 0 saturated carbocycles. The molecule has 0 bridgehead atoms. The highest BCUT2D eigenvalue weighted by Gasteiger charge is 1.98. The number of allylic oxidation sites excluding steroid dienone is 8. The first-order valence-electron chi connectivity index (χ1n) is 16.3. The molecule has 0 unspecified atom stereocenters. The maximum atomic E-state index is 12.0. The fraction of sp³-hybridized carbons (Fsp3) is 0.722.